The Morgan fingerprint density at radius 2 is 2.07 bits per heavy atom. The number of pyridine rings is 1. The third-order valence-electron chi connectivity index (χ3n) is 4.61. The number of piperidine rings is 1. The van der Waals surface area contributed by atoms with Gasteiger partial charge in [-0.05, 0) is 31.9 Å². The second kappa shape index (κ2) is 7.79. The smallest absolute Gasteiger partial charge is 0.274 e. The van der Waals surface area contributed by atoms with E-state index in [0.717, 1.165) is 35.2 Å². The Bertz CT molecular complexity index is 921. The number of amides is 1. The predicted molar refractivity (Wildman–Crippen MR) is 104 cm³/mol. The van der Waals surface area contributed by atoms with Crippen LogP contribution in [0, 0.1) is 6.92 Å². The van der Waals surface area contributed by atoms with Gasteiger partial charge in [0, 0.05) is 42.5 Å². The fourth-order valence-corrected chi connectivity index (χ4v) is 3.91. The fourth-order valence-electron chi connectivity index (χ4n) is 3.22. The molecule has 0 spiro atoms. The van der Waals surface area contributed by atoms with Crippen LogP contribution in [0.4, 0.5) is 10.9 Å². The minimum Gasteiger partial charge on any atom is -0.337 e. The third kappa shape index (κ3) is 4.11. The highest BCUT2D eigenvalue weighted by molar-refractivity contribution is 7.13. The standard InChI is InChI=1S/C19H20N6OS/c1-13-12-27-19(22-13)24-17-4-2-3-15(23-17)14-5-9-25(10-6-14)18(26)16-11-20-7-8-21-16/h2-4,7-8,11-12,14H,5-6,9-10H2,1H3,(H,22,23,24). The molecule has 27 heavy (non-hydrogen) atoms. The number of nitrogens with one attached hydrogen (secondary N) is 1. The molecule has 1 N–H and O–H groups in total. The number of hydrogen-bond acceptors (Lipinski definition) is 7. The van der Waals surface area contributed by atoms with Crippen LogP contribution in [0.3, 0.4) is 0 Å². The summed E-state index contributed by atoms with van der Waals surface area (Å²) in [6.45, 7) is 3.37. The van der Waals surface area contributed by atoms with Gasteiger partial charge in [0.1, 0.15) is 11.5 Å². The van der Waals surface area contributed by atoms with E-state index in [4.69, 9.17) is 4.98 Å². The second-order valence-corrected chi connectivity index (χ2v) is 7.38. The minimum absolute atomic E-state index is 0.0518. The van der Waals surface area contributed by atoms with Crippen molar-refractivity contribution in [2.45, 2.75) is 25.7 Å². The van der Waals surface area contributed by atoms with E-state index in [-0.39, 0.29) is 5.91 Å². The maximum absolute atomic E-state index is 12.5. The lowest BCUT2D eigenvalue weighted by Gasteiger charge is -2.31. The SMILES string of the molecule is Cc1csc(Nc2cccc(C3CCN(C(=O)c4cnccn4)CC3)n2)n1. The van der Waals surface area contributed by atoms with E-state index in [1.807, 2.05) is 29.3 Å². The van der Waals surface area contributed by atoms with Crippen molar-refractivity contribution >= 4 is 28.2 Å². The molecule has 1 amide bonds. The number of rotatable bonds is 4. The third-order valence-corrected chi connectivity index (χ3v) is 5.48. The fraction of sp³-hybridized carbons (Fsp3) is 0.316. The van der Waals surface area contributed by atoms with E-state index in [9.17, 15) is 4.79 Å². The van der Waals surface area contributed by atoms with E-state index in [2.05, 4.69) is 26.3 Å². The van der Waals surface area contributed by atoms with E-state index in [1.54, 1.807) is 23.7 Å². The summed E-state index contributed by atoms with van der Waals surface area (Å²) in [5.74, 6) is 1.10. The van der Waals surface area contributed by atoms with E-state index in [0.29, 0.717) is 24.7 Å². The zero-order chi connectivity index (χ0) is 18.6. The lowest BCUT2D eigenvalue weighted by molar-refractivity contribution is 0.0705. The highest BCUT2D eigenvalue weighted by Gasteiger charge is 2.26. The number of nitrogens with zero attached hydrogens (tertiary/aromatic N) is 5. The maximum atomic E-state index is 12.5. The molecule has 0 saturated carbocycles. The van der Waals surface area contributed by atoms with Crippen molar-refractivity contribution in [3.8, 4) is 0 Å². The second-order valence-electron chi connectivity index (χ2n) is 6.52. The summed E-state index contributed by atoms with van der Waals surface area (Å²) < 4.78 is 0. The Hall–Kier alpha value is -2.87. The average Bonchev–Trinajstić information content (AvgIpc) is 3.13. The number of carbonyl (C=O) groups excluding carboxylic acids is 1. The van der Waals surface area contributed by atoms with Gasteiger partial charge in [0.25, 0.3) is 5.91 Å². The van der Waals surface area contributed by atoms with Crippen LogP contribution in [0.25, 0.3) is 0 Å². The molecule has 0 atom stereocenters. The molecule has 0 unspecified atom stereocenters. The van der Waals surface area contributed by atoms with Crippen LogP contribution in [-0.2, 0) is 0 Å². The lowest BCUT2D eigenvalue weighted by Crippen LogP contribution is -2.38. The molecular weight excluding hydrogens is 360 g/mol. The summed E-state index contributed by atoms with van der Waals surface area (Å²) in [5.41, 5.74) is 2.46. The van der Waals surface area contributed by atoms with Crippen LogP contribution >= 0.6 is 11.3 Å². The molecule has 0 aromatic carbocycles. The molecule has 7 nitrogen and oxygen atoms in total. The van der Waals surface area contributed by atoms with Gasteiger partial charge in [-0.3, -0.25) is 9.78 Å². The van der Waals surface area contributed by atoms with Crippen molar-refractivity contribution < 1.29 is 4.79 Å². The monoisotopic (exact) mass is 380 g/mol. The zero-order valence-corrected chi connectivity index (χ0v) is 15.8. The topological polar surface area (TPSA) is 83.9 Å². The first-order valence-electron chi connectivity index (χ1n) is 8.90. The number of aryl methyl sites for hydroxylation is 1. The summed E-state index contributed by atoms with van der Waals surface area (Å²) >= 11 is 1.57. The van der Waals surface area contributed by atoms with Crippen LogP contribution in [0.15, 0.2) is 42.2 Å². The molecule has 1 fully saturated rings. The molecule has 4 heterocycles. The summed E-state index contributed by atoms with van der Waals surface area (Å²) in [7, 11) is 0. The number of hydrogen-bond donors (Lipinski definition) is 1. The maximum Gasteiger partial charge on any atom is 0.274 e. The minimum atomic E-state index is -0.0518. The predicted octanol–water partition coefficient (Wildman–Crippen LogP) is 3.40. The van der Waals surface area contributed by atoms with Gasteiger partial charge in [-0.25, -0.2) is 15.0 Å². The molecule has 3 aromatic rings. The molecule has 0 aliphatic carbocycles. The number of aromatic nitrogens is 4. The first-order chi connectivity index (χ1) is 13.2. The molecular formula is C19H20N6OS. The van der Waals surface area contributed by atoms with Gasteiger partial charge in [0.2, 0.25) is 0 Å². The summed E-state index contributed by atoms with van der Waals surface area (Å²) in [6.07, 6.45) is 6.41. The zero-order valence-electron chi connectivity index (χ0n) is 15.0. The van der Waals surface area contributed by atoms with Crippen LogP contribution < -0.4 is 5.32 Å². The normalized spacial score (nSPS) is 14.9. The Morgan fingerprint density at radius 3 is 2.78 bits per heavy atom. The molecule has 0 radical (unpaired) electrons. The van der Waals surface area contributed by atoms with Gasteiger partial charge in [-0.2, -0.15) is 0 Å². The van der Waals surface area contributed by atoms with Crippen LogP contribution in [0.2, 0.25) is 0 Å². The van der Waals surface area contributed by atoms with E-state index in [1.165, 1.54) is 6.20 Å². The van der Waals surface area contributed by atoms with Gasteiger partial charge < -0.3 is 10.2 Å². The molecule has 8 heteroatoms. The molecule has 0 bridgehead atoms. The van der Waals surface area contributed by atoms with Crippen molar-refractivity contribution in [2.24, 2.45) is 0 Å². The largest absolute Gasteiger partial charge is 0.337 e. The van der Waals surface area contributed by atoms with Gasteiger partial charge >= 0.3 is 0 Å². The average molecular weight is 380 g/mol. The van der Waals surface area contributed by atoms with Gasteiger partial charge in [0.05, 0.1) is 11.9 Å². The number of carbonyl (C=O) groups is 1. The van der Waals surface area contributed by atoms with Crippen molar-refractivity contribution in [3.63, 3.8) is 0 Å². The lowest BCUT2D eigenvalue weighted by atomic mass is 9.93. The van der Waals surface area contributed by atoms with Gasteiger partial charge in [-0.1, -0.05) is 6.07 Å². The summed E-state index contributed by atoms with van der Waals surface area (Å²) in [6, 6.07) is 6.03. The highest BCUT2D eigenvalue weighted by Crippen LogP contribution is 2.29. The van der Waals surface area contributed by atoms with Crippen LogP contribution in [0.1, 0.15) is 40.6 Å². The molecule has 1 aliphatic heterocycles. The van der Waals surface area contributed by atoms with Crippen LogP contribution in [0.5, 0.6) is 0 Å². The Labute approximate surface area is 161 Å². The Morgan fingerprint density at radius 1 is 1.22 bits per heavy atom. The van der Waals surface area contributed by atoms with E-state index >= 15 is 0 Å². The first kappa shape index (κ1) is 17.5. The molecule has 3 aromatic heterocycles. The van der Waals surface area contributed by atoms with Crippen molar-refractivity contribution in [1.82, 2.24) is 24.8 Å². The number of anilines is 2. The molecule has 1 saturated heterocycles. The Kier molecular flexibility index (Phi) is 5.06. The number of thiazole rings is 1. The molecule has 4 rings (SSSR count). The van der Waals surface area contributed by atoms with Crippen molar-refractivity contribution in [3.05, 3.63) is 59.3 Å². The Balaban J connectivity index is 1.39. The quantitative estimate of drug-likeness (QED) is 0.747. The van der Waals surface area contributed by atoms with Crippen LogP contribution in [-0.4, -0.2) is 43.8 Å². The highest BCUT2D eigenvalue weighted by atomic mass is 32.1. The first-order valence-corrected chi connectivity index (χ1v) is 9.78. The van der Waals surface area contributed by atoms with E-state index < -0.39 is 0 Å². The summed E-state index contributed by atoms with van der Waals surface area (Å²) in [4.78, 5) is 31.6. The van der Waals surface area contributed by atoms with Crippen molar-refractivity contribution in [1.29, 1.82) is 0 Å². The van der Waals surface area contributed by atoms with Gasteiger partial charge in [0.15, 0.2) is 5.13 Å². The number of likely N-dealkylation sites (tertiary alicyclic amines) is 1. The van der Waals surface area contributed by atoms with Crippen molar-refractivity contribution in [2.75, 3.05) is 18.4 Å². The molecule has 1 aliphatic rings. The molecule has 138 valence electrons. The van der Waals surface area contributed by atoms with Gasteiger partial charge in [-0.15, -0.1) is 11.3 Å². The summed E-state index contributed by atoms with van der Waals surface area (Å²) in [5, 5.41) is 6.13.